The van der Waals surface area contributed by atoms with Gasteiger partial charge in [-0.2, -0.15) is 0 Å². The molecule has 2 atom stereocenters. The molecule has 1 N–H and O–H groups in total. The number of hydrogen-bond acceptors (Lipinski definition) is 4. The summed E-state index contributed by atoms with van der Waals surface area (Å²) in [6, 6.07) is 7.93. The molecule has 0 aliphatic carbocycles. The average molecular weight is 325 g/mol. The van der Waals surface area contributed by atoms with Crippen LogP contribution in [0.5, 0.6) is 5.75 Å². The van der Waals surface area contributed by atoms with Crippen LogP contribution in [-0.4, -0.2) is 66.4 Å². The summed E-state index contributed by atoms with van der Waals surface area (Å²) in [5.74, 6) is 0.750. The Balaban J connectivity index is 1.38. The number of β-amino-alcohol motifs (C(OH)–C–C–N with tert-alkyl or cyclic N) is 1. The Labute approximate surface area is 137 Å². The van der Waals surface area contributed by atoms with Gasteiger partial charge >= 0.3 is 0 Å². The van der Waals surface area contributed by atoms with Gasteiger partial charge < -0.3 is 9.84 Å². The topological polar surface area (TPSA) is 35.9 Å². The van der Waals surface area contributed by atoms with E-state index in [1.165, 1.54) is 32.4 Å². The van der Waals surface area contributed by atoms with E-state index in [1.807, 2.05) is 12.1 Å². The molecule has 2 aliphatic heterocycles. The van der Waals surface area contributed by atoms with Crippen molar-refractivity contribution < 1.29 is 9.84 Å². The molecule has 0 aromatic heterocycles. The molecule has 122 valence electrons. The van der Waals surface area contributed by atoms with Gasteiger partial charge in [0.2, 0.25) is 0 Å². The monoisotopic (exact) mass is 324 g/mol. The third-order valence-electron chi connectivity index (χ3n) is 4.63. The first-order valence-corrected chi connectivity index (χ1v) is 8.61. The SMILES string of the molecule is OC(COc1ccc(Cl)cc1)CN1CCC(N2CCCC2)C1. The predicted molar refractivity (Wildman–Crippen MR) is 88.6 cm³/mol. The van der Waals surface area contributed by atoms with E-state index in [0.29, 0.717) is 24.2 Å². The van der Waals surface area contributed by atoms with Crippen molar-refractivity contribution >= 4 is 11.6 Å². The molecule has 5 heteroatoms. The van der Waals surface area contributed by atoms with Gasteiger partial charge in [0, 0.05) is 24.2 Å². The summed E-state index contributed by atoms with van der Waals surface area (Å²) in [7, 11) is 0. The smallest absolute Gasteiger partial charge is 0.119 e. The number of likely N-dealkylation sites (tertiary alicyclic amines) is 2. The van der Waals surface area contributed by atoms with Crippen LogP contribution in [-0.2, 0) is 0 Å². The highest BCUT2D eigenvalue weighted by Crippen LogP contribution is 2.21. The Bertz CT molecular complexity index is 462. The molecule has 0 radical (unpaired) electrons. The van der Waals surface area contributed by atoms with Crippen LogP contribution in [0.4, 0.5) is 0 Å². The number of nitrogens with zero attached hydrogens (tertiary/aromatic N) is 2. The zero-order valence-corrected chi connectivity index (χ0v) is 13.7. The molecule has 0 bridgehead atoms. The lowest BCUT2D eigenvalue weighted by atomic mass is 10.2. The molecule has 2 heterocycles. The minimum absolute atomic E-state index is 0.326. The van der Waals surface area contributed by atoms with Crippen molar-refractivity contribution in [1.82, 2.24) is 9.80 Å². The number of aliphatic hydroxyl groups is 1. The lowest BCUT2D eigenvalue weighted by molar-refractivity contribution is 0.0733. The van der Waals surface area contributed by atoms with Crippen molar-refractivity contribution in [3.05, 3.63) is 29.3 Å². The maximum atomic E-state index is 10.2. The third-order valence-corrected chi connectivity index (χ3v) is 4.88. The minimum atomic E-state index is -0.451. The van der Waals surface area contributed by atoms with Crippen LogP contribution in [0, 0.1) is 0 Å². The lowest BCUT2D eigenvalue weighted by Crippen LogP contribution is -2.38. The molecule has 2 aliphatic rings. The van der Waals surface area contributed by atoms with Crippen LogP contribution in [0.15, 0.2) is 24.3 Å². The summed E-state index contributed by atoms with van der Waals surface area (Å²) in [6.07, 6.45) is 3.46. The van der Waals surface area contributed by atoms with E-state index in [9.17, 15) is 5.11 Å². The van der Waals surface area contributed by atoms with Crippen molar-refractivity contribution in [2.45, 2.75) is 31.4 Å². The second-order valence-corrected chi connectivity index (χ2v) is 6.80. The highest BCUT2D eigenvalue weighted by Gasteiger charge is 2.29. The van der Waals surface area contributed by atoms with E-state index in [2.05, 4.69) is 9.80 Å². The van der Waals surface area contributed by atoms with Gasteiger partial charge in [0.1, 0.15) is 18.5 Å². The van der Waals surface area contributed by atoms with Crippen molar-refractivity contribution in [2.24, 2.45) is 0 Å². The van der Waals surface area contributed by atoms with Crippen LogP contribution in [0.3, 0.4) is 0 Å². The third kappa shape index (κ3) is 4.35. The molecular weight excluding hydrogens is 300 g/mol. The Morgan fingerprint density at radius 1 is 1.18 bits per heavy atom. The van der Waals surface area contributed by atoms with Crippen molar-refractivity contribution in [2.75, 3.05) is 39.3 Å². The first-order chi connectivity index (χ1) is 10.7. The molecule has 0 spiro atoms. The fourth-order valence-corrected chi connectivity index (χ4v) is 3.58. The summed E-state index contributed by atoms with van der Waals surface area (Å²) in [5, 5.41) is 10.9. The van der Waals surface area contributed by atoms with Crippen LogP contribution in [0.1, 0.15) is 19.3 Å². The minimum Gasteiger partial charge on any atom is -0.491 e. The molecule has 2 fully saturated rings. The molecule has 0 saturated carbocycles. The molecular formula is C17H25ClN2O2. The summed E-state index contributed by atoms with van der Waals surface area (Å²) in [6.45, 7) is 5.68. The standard InChI is InChI=1S/C17H25ClN2O2/c18-14-3-5-17(6-4-14)22-13-16(21)12-19-10-7-15(11-19)20-8-1-2-9-20/h3-6,15-16,21H,1-2,7-13H2. The Morgan fingerprint density at radius 3 is 2.64 bits per heavy atom. The van der Waals surface area contributed by atoms with E-state index < -0.39 is 6.10 Å². The maximum Gasteiger partial charge on any atom is 0.119 e. The van der Waals surface area contributed by atoms with Crippen molar-refractivity contribution in [3.63, 3.8) is 0 Å². The van der Waals surface area contributed by atoms with Gasteiger partial charge in [0.15, 0.2) is 0 Å². The summed E-state index contributed by atoms with van der Waals surface area (Å²) < 4.78 is 5.61. The highest BCUT2D eigenvalue weighted by atomic mass is 35.5. The molecule has 2 saturated heterocycles. The van der Waals surface area contributed by atoms with Crippen LogP contribution < -0.4 is 4.74 Å². The molecule has 4 nitrogen and oxygen atoms in total. The van der Waals surface area contributed by atoms with Gasteiger partial charge in [-0.05, 0) is 63.2 Å². The first-order valence-electron chi connectivity index (χ1n) is 8.23. The van der Waals surface area contributed by atoms with Crippen LogP contribution in [0.2, 0.25) is 5.02 Å². The van der Waals surface area contributed by atoms with E-state index >= 15 is 0 Å². The fourth-order valence-electron chi connectivity index (χ4n) is 3.46. The number of hydrogen-bond donors (Lipinski definition) is 1. The van der Waals surface area contributed by atoms with Crippen LogP contribution >= 0.6 is 11.6 Å². The summed E-state index contributed by atoms with van der Waals surface area (Å²) in [4.78, 5) is 4.97. The second kappa shape index (κ2) is 7.64. The first kappa shape index (κ1) is 16.1. The van der Waals surface area contributed by atoms with Gasteiger partial charge in [-0.1, -0.05) is 11.6 Å². The van der Waals surface area contributed by atoms with E-state index in [4.69, 9.17) is 16.3 Å². The lowest BCUT2D eigenvalue weighted by Gasteiger charge is -2.24. The molecule has 1 aromatic rings. The Kier molecular flexibility index (Phi) is 5.58. The normalized spacial score (nSPS) is 24.7. The van der Waals surface area contributed by atoms with E-state index in [1.54, 1.807) is 12.1 Å². The fraction of sp³-hybridized carbons (Fsp3) is 0.647. The Morgan fingerprint density at radius 2 is 1.91 bits per heavy atom. The highest BCUT2D eigenvalue weighted by molar-refractivity contribution is 6.30. The average Bonchev–Trinajstić information content (AvgIpc) is 3.17. The van der Waals surface area contributed by atoms with Gasteiger partial charge in [0.25, 0.3) is 0 Å². The van der Waals surface area contributed by atoms with Gasteiger partial charge in [-0.15, -0.1) is 0 Å². The van der Waals surface area contributed by atoms with E-state index in [0.717, 1.165) is 18.8 Å². The zero-order valence-electron chi connectivity index (χ0n) is 13.0. The van der Waals surface area contributed by atoms with Gasteiger partial charge in [-0.3, -0.25) is 9.80 Å². The number of benzene rings is 1. The largest absolute Gasteiger partial charge is 0.491 e. The van der Waals surface area contributed by atoms with E-state index in [-0.39, 0.29) is 0 Å². The quantitative estimate of drug-likeness (QED) is 0.870. The zero-order chi connectivity index (χ0) is 15.4. The molecule has 22 heavy (non-hydrogen) atoms. The maximum absolute atomic E-state index is 10.2. The summed E-state index contributed by atoms with van der Waals surface area (Å²) >= 11 is 5.84. The van der Waals surface area contributed by atoms with Crippen LogP contribution in [0.25, 0.3) is 0 Å². The molecule has 3 rings (SSSR count). The number of aliphatic hydroxyl groups excluding tert-OH is 1. The summed E-state index contributed by atoms with van der Waals surface area (Å²) in [5.41, 5.74) is 0. The Hall–Kier alpha value is -0.810. The van der Waals surface area contributed by atoms with Gasteiger partial charge in [-0.25, -0.2) is 0 Å². The molecule has 0 amide bonds. The number of rotatable bonds is 6. The molecule has 2 unspecified atom stereocenters. The predicted octanol–water partition coefficient (Wildman–Crippen LogP) is 2.25. The number of ether oxygens (including phenoxy) is 1. The number of halogens is 1. The second-order valence-electron chi connectivity index (χ2n) is 6.36. The molecule has 1 aromatic carbocycles. The van der Waals surface area contributed by atoms with Crippen molar-refractivity contribution in [3.8, 4) is 5.75 Å². The van der Waals surface area contributed by atoms with Crippen molar-refractivity contribution in [1.29, 1.82) is 0 Å². The van der Waals surface area contributed by atoms with Gasteiger partial charge in [0.05, 0.1) is 0 Å².